The maximum absolute atomic E-state index is 12.3. The Morgan fingerprint density at radius 2 is 2.13 bits per heavy atom. The summed E-state index contributed by atoms with van der Waals surface area (Å²) in [6.45, 7) is 0.321. The molecule has 1 N–H and O–H groups in total. The second-order valence-electron chi connectivity index (χ2n) is 4.75. The van der Waals surface area contributed by atoms with Gasteiger partial charge >= 0.3 is 0 Å². The van der Waals surface area contributed by atoms with Crippen LogP contribution >= 0.6 is 11.8 Å². The van der Waals surface area contributed by atoms with Crippen LogP contribution in [0.5, 0.6) is 0 Å². The molecule has 2 aromatic heterocycles. The Bertz CT molecular complexity index is 803. The minimum atomic E-state index is -0.120. The van der Waals surface area contributed by atoms with Crippen LogP contribution in [0.25, 0.3) is 5.69 Å². The standard InChI is InChI=1S/C16H15N5OS/c1-23-15-7-3-2-6-14(15)16(22)18-9-12-11-21(20-19-12)13-5-4-8-17-10-13/h2-8,10-11H,9H2,1H3,(H,18,22). The molecule has 0 aliphatic carbocycles. The first-order chi connectivity index (χ1) is 11.3. The molecule has 0 atom stereocenters. The lowest BCUT2D eigenvalue weighted by molar-refractivity contribution is 0.0947. The minimum Gasteiger partial charge on any atom is -0.346 e. The molecule has 0 radical (unpaired) electrons. The second kappa shape index (κ2) is 7.06. The fourth-order valence-corrected chi connectivity index (χ4v) is 2.69. The Labute approximate surface area is 137 Å². The van der Waals surface area contributed by atoms with Gasteiger partial charge in [-0.1, -0.05) is 17.3 Å². The second-order valence-corrected chi connectivity index (χ2v) is 5.60. The number of benzene rings is 1. The molecule has 3 aromatic rings. The molecule has 0 aliphatic rings. The van der Waals surface area contributed by atoms with E-state index in [0.717, 1.165) is 10.6 Å². The van der Waals surface area contributed by atoms with Gasteiger partial charge in [0.1, 0.15) is 5.69 Å². The van der Waals surface area contributed by atoms with E-state index in [-0.39, 0.29) is 5.91 Å². The largest absolute Gasteiger partial charge is 0.346 e. The molecule has 23 heavy (non-hydrogen) atoms. The molecule has 2 heterocycles. The number of nitrogens with zero attached hydrogens (tertiary/aromatic N) is 4. The SMILES string of the molecule is CSc1ccccc1C(=O)NCc1cn(-c2cccnc2)nn1. The highest BCUT2D eigenvalue weighted by Crippen LogP contribution is 2.19. The number of nitrogens with one attached hydrogen (secondary N) is 1. The Kier molecular flexibility index (Phi) is 4.68. The summed E-state index contributed by atoms with van der Waals surface area (Å²) in [6.07, 6.45) is 7.12. The first-order valence-electron chi connectivity index (χ1n) is 7.01. The van der Waals surface area contributed by atoms with Gasteiger partial charge in [-0.2, -0.15) is 0 Å². The van der Waals surface area contributed by atoms with E-state index in [1.165, 1.54) is 0 Å². The maximum Gasteiger partial charge on any atom is 0.252 e. The molecule has 6 nitrogen and oxygen atoms in total. The lowest BCUT2D eigenvalue weighted by Crippen LogP contribution is -2.23. The molecule has 1 amide bonds. The van der Waals surface area contributed by atoms with Gasteiger partial charge in [0.2, 0.25) is 0 Å². The van der Waals surface area contributed by atoms with E-state index < -0.39 is 0 Å². The predicted octanol–water partition coefficient (Wildman–Crippen LogP) is 2.31. The van der Waals surface area contributed by atoms with Gasteiger partial charge in [0.05, 0.1) is 30.2 Å². The molecule has 116 valence electrons. The van der Waals surface area contributed by atoms with Crippen molar-refractivity contribution in [2.24, 2.45) is 0 Å². The van der Waals surface area contributed by atoms with Crippen LogP contribution < -0.4 is 5.32 Å². The molecular weight excluding hydrogens is 310 g/mol. The van der Waals surface area contributed by atoms with Crippen LogP contribution in [0, 0.1) is 0 Å². The molecular formula is C16H15N5OS. The third-order valence-electron chi connectivity index (χ3n) is 3.23. The Morgan fingerprint density at radius 1 is 1.26 bits per heavy atom. The number of hydrogen-bond donors (Lipinski definition) is 1. The highest BCUT2D eigenvalue weighted by molar-refractivity contribution is 7.98. The normalized spacial score (nSPS) is 10.5. The Hall–Kier alpha value is -2.67. The number of carbonyl (C=O) groups is 1. The van der Waals surface area contributed by atoms with E-state index in [9.17, 15) is 4.79 Å². The van der Waals surface area contributed by atoms with Crippen LogP contribution in [0.2, 0.25) is 0 Å². The first kappa shape index (κ1) is 15.2. The van der Waals surface area contributed by atoms with Gasteiger partial charge in [0.15, 0.2) is 0 Å². The van der Waals surface area contributed by atoms with Crippen LogP contribution in [0.1, 0.15) is 16.1 Å². The van der Waals surface area contributed by atoms with Crippen molar-refractivity contribution in [3.8, 4) is 5.69 Å². The van der Waals surface area contributed by atoms with Crippen molar-refractivity contribution in [1.29, 1.82) is 0 Å². The number of rotatable bonds is 5. The fraction of sp³-hybridized carbons (Fsp3) is 0.125. The highest BCUT2D eigenvalue weighted by atomic mass is 32.2. The van der Waals surface area contributed by atoms with Crippen molar-refractivity contribution < 1.29 is 4.79 Å². The summed E-state index contributed by atoms with van der Waals surface area (Å²) in [7, 11) is 0. The summed E-state index contributed by atoms with van der Waals surface area (Å²) in [6, 6.07) is 11.2. The van der Waals surface area contributed by atoms with Crippen molar-refractivity contribution in [3.63, 3.8) is 0 Å². The van der Waals surface area contributed by atoms with Crippen LogP contribution in [0.3, 0.4) is 0 Å². The zero-order chi connectivity index (χ0) is 16.1. The molecule has 0 unspecified atom stereocenters. The molecule has 0 spiro atoms. The summed E-state index contributed by atoms with van der Waals surface area (Å²) >= 11 is 1.55. The number of thioether (sulfide) groups is 1. The van der Waals surface area contributed by atoms with Gasteiger partial charge in [-0.15, -0.1) is 16.9 Å². The van der Waals surface area contributed by atoms with E-state index in [4.69, 9.17) is 0 Å². The van der Waals surface area contributed by atoms with Gasteiger partial charge in [-0.3, -0.25) is 9.78 Å². The molecule has 0 saturated heterocycles. The quantitative estimate of drug-likeness (QED) is 0.729. The Balaban J connectivity index is 1.67. The molecule has 3 rings (SSSR count). The predicted molar refractivity (Wildman–Crippen MR) is 88.5 cm³/mol. The molecule has 1 aromatic carbocycles. The summed E-state index contributed by atoms with van der Waals surface area (Å²) in [5, 5.41) is 11.0. The zero-order valence-corrected chi connectivity index (χ0v) is 13.3. The van der Waals surface area contributed by atoms with Crippen LogP contribution in [0.4, 0.5) is 0 Å². The number of pyridine rings is 1. The van der Waals surface area contributed by atoms with Crippen molar-refractivity contribution in [2.45, 2.75) is 11.4 Å². The molecule has 0 bridgehead atoms. The van der Waals surface area contributed by atoms with Crippen LogP contribution in [-0.2, 0) is 6.54 Å². The monoisotopic (exact) mass is 325 g/mol. The number of carbonyl (C=O) groups excluding carboxylic acids is 1. The van der Waals surface area contributed by atoms with Gasteiger partial charge in [-0.05, 0) is 30.5 Å². The van der Waals surface area contributed by atoms with Gasteiger partial charge in [-0.25, -0.2) is 4.68 Å². The third-order valence-corrected chi connectivity index (χ3v) is 4.03. The van der Waals surface area contributed by atoms with Crippen molar-refractivity contribution in [1.82, 2.24) is 25.3 Å². The van der Waals surface area contributed by atoms with E-state index in [0.29, 0.717) is 17.8 Å². The highest BCUT2D eigenvalue weighted by Gasteiger charge is 2.11. The topological polar surface area (TPSA) is 72.7 Å². The summed E-state index contributed by atoms with van der Waals surface area (Å²) < 4.78 is 1.63. The third kappa shape index (κ3) is 3.57. The number of aromatic nitrogens is 4. The molecule has 0 aliphatic heterocycles. The van der Waals surface area contributed by atoms with Crippen molar-refractivity contribution in [2.75, 3.05) is 6.26 Å². The van der Waals surface area contributed by atoms with Crippen molar-refractivity contribution >= 4 is 17.7 Å². The smallest absolute Gasteiger partial charge is 0.252 e. The Morgan fingerprint density at radius 3 is 2.91 bits per heavy atom. The van der Waals surface area contributed by atoms with E-state index in [2.05, 4.69) is 20.6 Å². The maximum atomic E-state index is 12.3. The van der Waals surface area contributed by atoms with E-state index in [1.54, 1.807) is 35.0 Å². The molecule has 7 heteroatoms. The van der Waals surface area contributed by atoms with Gasteiger partial charge in [0.25, 0.3) is 5.91 Å². The summed E-state index contributed by atoms with van der Waals surface area (Å²) in [5.41, 5.74) is 2.17. The number of hydrogen-bond acceptors (Lipinski definition) is 5. The molecule has 0 saturated carbocycles. The number of amides is 1. The lowest BCUT2D eigenvalue weighted by atomic mass is 10.2. The summed E-state index contributed by atoms with van der Waals surface area (Å²) in [5.74, 6) is -0.120. The van der Waals surface area contributed by atoms with Crippen LogP contribution in [0.15, 0.2) is 59.9 Å². The van der Waals surface area contributed by atoms with E-state index in [1.807, 2.05) is 42.7 Å². The first-order valence-corrected chi connectivity index (χ1v) is 8.23. The van der Waals surface area contributed by atoms with Crippen molar-refractivity contribution in [3.05, 3.63) is 66.2 Å². The van der Waals surface area contributed by atoms with E-state index >= 15 is 0 Å². The van der Waals surface area contributed by atoms with Crippen LogP contribution in [-0.4, -0.2) is 32.1 Å². The fourth-order valence-electron chi connectivity index (χ4n) is 2.09. The summed E-state index contributed by atoms with van der Waals surface area (Å²) in [4.78, 5) is 17.3. The molecule has 0 fully saturated rings. The lowest BCUT2D eigenvalue weighted by Gasteiger charge is -2.07. The zero-order valence-electron chi connectivity index (χ0n) is 12.5. The van der Waals surface area contributed by atoms with Gasteiger partial charge in [0, 0.05) is 11.1 Å². The minimum absolute atomic E-state index is 0.120. The average molecular weight is 325 g/mol. The van der Waals surface area contributed by atoms with Gasteiger partial charge < -0.3 is 5.32 Å². The average Bonchev–Trinajstić information content (AvgIpc) is 3.09.